The van der Waals surface area contributed by atoms with Crippen LogP contribution in [-0.4, -0.2) is 13.0 Å². The van der Waals surface area contributed by atoms with Gasteiger partial charge < -0.3 is 4.55 Å². The molecule has 1 aromatic rings. The third kappa shape index (κ3) is 2.61. The van der Waals surface area contributed by atoms with Crippen molar-refractivity contribution in [2.75, 3.05) is 0 Å². The minimum Gasteiger partial charge on any atom is -0.744 e. The van der Waals surface area contributed by atoms with Crippen LogP contribution in [0, 0.1) is 5.82 Å². The molecule has 0 bridgehead atoms. The van der Waals surface area contributed by atoms with Gasteiger partial charge in [0.25, 0.3) is 0 Å². The molecule has 0 heterocycles. The van der Waals surface area contributed by atoms with Gasteiger partial charge in [0.1, 0.15) is 15.9 Å². The van der Waals surface area contributed by atoms with Gasteiger partial charge in [0, 0.05) is 0 Å². The Bertz CT molecular complexity index is 363. The van der Waals surface area contributed by atoms with E-state index in [1.54, 1.807) is 0 Å². The predicted octanol–water partition coefficient (Wildman–Crippen LogP) is -2.27. The molecule has 0 saturated heterocycles. The Kier molecular flexibility index (Phi) is 3.94. The van der Waals surface area contributed by atoms with E-state index in [9.17, 15) is 17.4 Å². The number of hydrogen-bond donors (Lipinski definition) is 0. The summed E-state index contributed by atoms with van der Waals surface area (Å²) in [6.07, 6.45) is 0. The van der Waals surface area contributed by atoms with Crippen LogP contribution in [0.2, 0.25) is 0 Å². The minimum atomic E-state index is -4.66. The number of benzene rings is 1. The fourth-order valence-electron chi connectivity index (χ4n) is 0.647. The fraction of sp³-hybridized carbons (Fsp3) is 0. The van der Waals surface area contributed by atoms with Gasteiger partial charge >= 0.3 is 18.9 Å². The summed E-state index contributed by atoms with van der Waals surface area (Å²) in [4.78, 5) is -0.806. The van der Waals surface area contributed by atoms with Gasteiger partial charge in [-0.15, -0.1) is 0 Å². The Morgan fingerprint density at radius 1 is 1.25 bits per heavy atom. The fourth-order valence-corrected chi connectivity index (χ4v) is 1.20. The first-order chi connectivity index (χ1) is 5.02. The molecule has 0 unspecified atom stereocenters. The van der Waals surface area contributed by atoms with E-state index in [4.69, 9.17) is 0 Å². The monoisotopic (exact) mass is 182 g/mol. The molecule has 0 saturated carbocycles. The summed E-state index contributed by atoms with van der Waals surface area (Å²) < 4.78 is 43.3. The van der Waals surface area contributed by atoms with Gasteiger partial charge in [-0.3, -0.25) is 0 Å². The van der Waals surface area contributed by atoms with Gasteiger partial charge in [0.05, 0.1) is 4.90 Å². The van der Waals surface area contributed by atoms with Crippen LogP contribution < -0.4 is 18.9 Å². The van der Waals surface area contributed by atoms with Gasteiger partial charge in [-0.2, -0.15) is 0 Å². The molecule has 0 aliphatic heterocycles. The molecule has 0 aromatic heterocycles. The van der Waals surface area contributed by atoms with Crippen molar-refractivity contribution >= 4 is 10.1 Å². The van der Waals surface area contributed by atoms with Crippen LogP contribution in [0.5, 0.6) is 0 Å². The standard InChI is InChI=1S/C6H5FO3S.Li/c7-5-3-1-2-4-6(5)11(8,9)10;/h1-4H,(H,8,9,10);/q;+1/p-1. The second-order valence-electron chi connectivity index (χ2n) is 1.88. The Balaban J connectivity index is 0.00000121. The van der Waals surface area contributed by atoms with Gasteiger partial charge in [-0.25, -0.2) is 12.8 Å². The molecule has 0 spiro atoms. The van der Waals surface area contributed by atoms with E-state index in [1.165, 1.54) is 12.1 Å². The summed E-state index contributed by atoms with van der Waals surface area (Å²) in [5.74, 6) is -1.01. The molecule has 6 heteroatoms. The molecular formula is C6H4FLiO3S. The zero-order chi connectivity index (χ0) is 8.48. The van der Waals surface area contributed by atoms with Crippen LogP contribution in [-0.2, 0) is 10.1 Å². The molecule has 0 aliphatic carbocycles. The van der Waals surface area contributed by atoms with Crippen molar-refractivity contribution in [2.24, 2.45) is 0 Å². The molecular weight excluding hydrogens is 178 g/mol. The summed E-state index contributed by atoms with van der Waals surface area (Å²) in [7, 11) is -4.66. The molecule has 0 radical (unpaired) electrons. The SMILES string of the molecule is O=S(=O)([O-])c1ccccc1F.[Li+]. The van der Waals surface area contributed by atoms with Gasteiger partial charge in [0.15, 0.2) is 0 Å². The van der Waals surface area contributed by atoms with Crippen LogP contribution in [0.1, 0.15) is 0 Å². The second-order valence-corrected chi connectivity index (χ2v) is 3.23. The van der Waals surface area contributed by atoms with Gasteiger partial charge in [0.2, 0.25) is 0 Å². The van der Waals surface area contributed by atoms with E-state index < -0.39 is 20.8 Å². The number of hydrogen-bond acceptors (Lipinski definition) is 3. The maximum absolute atomic E-state index is 12.5. The summed E-state index contributed by atoms with van der Waals surface area (Å²) in [6, 6.07) is 4.44. The Morgan fingerprint density at radius 2 is 1.75 bits per heavy atom. The quantitative estimate of drug-likeness (QED) is 0.363. The van der Waals surface area contributed by atoms with E-state index in [-0.39, 0.29) is 18.9 Å². The summed E-state index contributed by atoms with van der Waals surface area (Å²) >= 11 is 0. The van der Waals surface area contributed by atoms with Crippen molar-refractivity contribution in [1.82, 2.24) is 0 Å². The van der Waals surface area contributed by atoms with E-state index in [2.05, 4.69) is 0 Å². The average molecular weight is 182 g/mol. The van der Waals surface area contributed by atoms with Crippen molar-refractivity contribution in [1.29, 1.82) is 0 Å². The van der Waals surface area contributed by atoms with Gasteiger partial charge in [-0.05, 0) is 12.1 Å². The number of halogens is 1. The smallest absolute Gasteiger partial charge is 0.744 e. The molecule has 60 valence electrons. The van der Waals surface area contributed by atoms with E-state index in [1.807, 2.05) is 0 Å². The van der Waals surface area contributed by atoms with E-state index in [0.717, 1.165) is 12.1 Å². The molecule has 3 nitrogen and oxygen atoms in total. The van der Waals surface area contributed by atoms with Crippen molar-refractivity contribution in [2.45, 2.75) is 4.90 Å². The first-order valence-corrected chi connectivity index (χ1v) is 4.13. The molecule has 0 fully saturated rings. The third-order valence-corrected chi connectivity index (χ3v) is 1.98. The van der Waals surface area contributed by atoms with Crippen LogP contribution in [0.15, 0.2) is 29.2 Å². The third-order valence-electron chi connectivity index (χ3n) is 1.11. The zero-order valence-corrected chi connectivity index (χ0v) is 7.14. The van der Waals surface area contributed by atoms with Crippen molar-refractivity contribution in [3.63, 3.8) is 0 Å². The molecule has 0 amide bonds. The maximum Gasteiger partial charge on any atom is 1.00 e. The van der Waals surface area contributed by atoms with Crippen LogP contribution in [0.25, 0.3) is 0 Å². The topological polar surface area (TPSA) is 57.2 Å². The van der Waals surface area contributed by atoms with Gasteiger partial charge in [-0.1, -0.05) is 12.1 Å². The first kappa shape index (κ1) is 11.7. The molecule has 0 atom stereocenters. The Labute approximate surface area is 81.5 Å². The molecule has 0 aliphatic rings. The largest absolute Gasteiger partial charge is 1.00 e. The first-order valence-electron chi connectivity index (χ1n) is 2.72. The zero-order valence-electron chi connectivity index (χ0n) is 6.32. The normalized spacial score (nSPS) is 10.5. The van der Waals surface area contributed by atoms with Crippen molar-refractivity contribution in [3.05, 3.63) is 30.1 Å². The summed E-state index contributed by atoms with van der Waals surface area (Å²) in [6.45, 7) is 0. The summed E-state index contributed by atoms with van der Waals surface area (Å²) in [5.41, 5.74) is 0. The second kappa shape index (κ2) is 4.05. The van der Waals surface area contributed by atoms with Crippen LogP contribution in [0.3, 0.4) is 0 Å². The Morgan fingerprint density at radius 3 is 2.08 bits per heavy atom. The predicted molar refractivity (Wildman–Crippen MR) is 34.4 cm³/mol. The van der Waals surface area contributed by atoms with E-state index in [0.29, 0.717) is 0 Å². The number of rotatable bonds is 1. The molecule has 0 N–H and O–H groups in total. The maximum atomic E-state index is 12.5. The van der Waals surface area contributed by atoms with Crippen molar-refractivity contribution < 1.29 is 36.2 Å². The van der Waals surface area contributed by atoms with E-state index >= 15 is 0 Å². The molecule has 1 aromatic carbocycles. The van der Waals surface area contributed by atoms with Crippen LogP contribution >= 0.6 is 0 Å². The minimum absolute atomic E-state index is 0. The van der Waals surface area contributed by atoms with Crippen molar-refractivity contribution in [3.8, 4) is 0 Å². The Hall–Kier alpha value is -0.343. The average Bonchev–Trinajstić information content (AvgIpc) is 1.86. The summed E-state index contributed by atoms with van der Waals surface area (Å²) in [5, 5.41) is 0. The van der Waals surface area contributed by atoms with Crippen LogP contribution in [0.4, 0.5) is 4.39 Å². The molecule has 12 heavy (non-hydrogen) atoms. The molecule has 1 rings (SSSR count).